The maximum absolute atomic E-state index is 13.3. The lowest BCUT2D eigenvalue weighted by atomic mass is 9.96. The van der Waals surface area contributed by atoms with Gasteiger partial charge in [-0.25, -0.2) is 4.39 Å². The average molecular weight is 246 g/mol. The van der Waals surface area contributed by atoms with E-state index in [4.69, 9.17) is 10.5 Å². The Labute approximate surface area is 105 Å². The number of nitrogens with two attached hydrogens (primary N) is 1. The number of nitrogens with zero attached hydrogens (tertiary/aromatic N) is 1. The highest BCUT2D eigenvalue weighted by atomic mass is 19.1. The van der Waals surface area contributed by atoms with Crippen LogP contribution < -0.4 is 10.5 Å². The predicted molar refractivity (Wildman–Crippen MR) is 68.0 cm³/mol. The molecule has 0 radical (unpaired) electrons. The van der Waals surface area contributed by atoms with Crippen molar-refractivity contribution in [1.82, 2.24) is 4.98 Å². The SMILES string of the molecule is COc1cnccc1C(N)c1cc(F)ccc1C. The Hall–Kier alpha value is -1.94. The highest BCUT2D eigenvalue weighted by Crippen LogP contribution is 2.29. The summed E-state index contributed by atoms with van der Waals surface area (Å²) < 4.78 is 18.5. The summed E-state index contributed by atoms with van der Waals surface area (Å²) in [5.41, 5.74) is 8.68. The number of hydrogen-bond acceptors (Lipinski definition) is 3. The molecule has 1 unspecified atom stereocenters. The van der Waals surface area contributed by atoms with Gasteiger partial charge in [0.1, 0.15) is 11.6 Å². The molecule has 1 aromatic carbocycles. The van der Waals surface area contributed by atoms with Crippen LogP contribution in [0.25, 0.3) is 0 Å². The van der Waals surface area contributed by atoms with Crippen LogP contribution in [0.5, 0.6) is 5.75 Å². The third-order valence-electron chi connectivity index (χ3n) is 2.95. The number of ether oxygens (including phenoxy) is 1. The zero-order valence-corrected chi connectivity index (χ0v) is 10.4. The van der Waals surface area contributed by atoms with Crippen molar-refractivity contribution in [2.45, 2.75) is 13.0 Å². The first-order valence-corrected chi connectivity index (χ1v) is 5.63. The molecule has 2 N–H and O–H groups in total. The molecule has 0 bridgehead atoms. The number of rotatable bonds is 3. The molecule has 18 heavy (non-hydrogen) atoms. The number of hydrogen-bond donors (Lipinski definition) is 1. The topological polar surface area (TPSA) is 48.1 Å². The second-order valence-corrected chi connectivity index (χ2v) is 4.10. The lowest BCUT2D eigenvalue weighted by molar-refractivity contribution is 0.405. The van der Waals surface area contributed by atoms with Crippen molar-refractivity contribution < 1.29 is 9.13 Å². The Morgan fingerprint density at radius 3 is 2.78 bits per heavy atom. The largest absolute Gasteiger partial charge is 0.495 e. The van der Waals surface area contributed by atoms with Gasteiger partial charge < -0.3 is 10.5 Å². The molecule has 1 heterocycles. The van der Waals surface area contributed by atoms with Crippen LogP contribution in [0.2, 0.25) is 0 Å². The molecule has 0 amide bonds. The molecule has 1 aromatic heterocycles. The Balaban J connectivity index is 2.47. The van der Waals surface area contributed by atoms with Gasteiger partial charge in [0.05, 0.1) is 19.3 Å². The van der Waals surface area contributed by atoms with E-state index < -0.39 is 6.04 Å². The lowest BCUT2D eigenvalue weighted by Crippen LogP contribution is -2.14. The first-order chi connectivity index (χ1) is 8.63. The Bertz CT molecular complexity index is 557. The van der Waals surface area contributed by atoms with Gasteiger partial charge in [0, 0.05) is 11.8 Å². The summed E-state index contributed by atoms with van der Waals surface area (Å²) in [6, 6.07) is 5.96. The lowest BCUT2D eigenvalue weighted by Gasteiger charge is -2.17. The second-order valence-electron chi connectivity index (χ2n) is 4.10. The zero-order valence-electron chi connectivity index (χ0n) is 10.4. The van der Waals surface area contributed by atoms with Gasteiger partial charge in [-0.1, -0.05) is 6.07 Å². The molecule has 3 nitrogen and oxygen atoms in total. The summed E-state index contributed by atoms with van der Waals surface area (Å²) in [7, 11) is 1.56. The molecule has 0 aliphatic rings. The third kappa shape index (κ3) is 2.33. The number of aryl methyl sites for hydroxylation is 1. The first kappa shape index (κ1) is 12.5. The van der Waals surface area contributed by atoms with Gasteiger partial charge in [0.15, 0.2) is 0 Å². The summed E-state index contributed by atoms with van der Waals surface area (Å²) >= 11 is 0. The van der Waals surface area contributed by atoms with Crippen LogP contribution in [0.3, 0.4) is 0 Å². The molecule has 0 fully saturated rings. The molecule has 0 saturated heterocycles. The van der Waals surface area contributed by atoms with E-state index in [1.54, 1.807) is 31.6 Å². The van der Waals surface area contributed by atoms with Crippen LogP contribution in [-0.2, 0) is 0 Å². The fraction of sp³-hybridized carbons (Fsp3) is 0.214. The standard InChI is InChI=1S/C14H15FN2O/c1-9-3-4-10(15)7-12(9)14(16)11-5-6-17-8-13(11)18-2/h3-8,14H,16H2,1-2H3. The van der Waals surface area contributed by atoms with E-state index in [0.717, 1.165) is 16.7 Å². The number of benzene rings is 1. The van der Waals surface area contributed by atoms with Gasteiger partial charge in [-0.05, 0) is 36.2 Å². The molecule has 0 aliphatic heterocycles. The van der Waals surface area contributed by atoms with Crippen molar-refractivity contribution >= 4 is 0 Å². The smallest absolute Gasteiger partial charge is 0.142 e. The third-order valence-corrected chi connectivity index (χ3v) is 2.95. The Morgan fingerprint density at radius 1 is 1.28 bits per heavy atom. The summed E-state index contributed by atoms with van der Waals surface area (Å²) in [4.78, 5) is 3.98. The molecule has 94 valence electrons. The van der Waals surface area contributed by atoms with Crippen LogP contribution in [-0.4, -0.2) is 12.1 Å². The summed E-state index contributed by atoms with van der Waals surface area (Å²) in [6.45, 7) is 1.91. The minimum atomic E-state index is -0.432. The van der Waals surface area contributed by atoms with Gasteiger partial charge >= 0.3 is 0 Å². The predicted octanol–water partition coefficient (Wildman–Crippen LogP) is 2.59. The fourth-order valence-corrected chi connectivity index (χ4v) is 1.93. The molecular weight excluding hydrogens is 231 g/mol. The summed E-state index contributed by atoms with van der Waals surface area (Å²) in [5.74, 6) is 0.313. The van der Waals surface area contributed by atoms with Crippen molar-refractivity contribution in [3.05, 3.63) is 59.2 Å². The summed E-state index contributed by atoms with van der Waals surface area (Å²) in [5, 5.41) is 0. The van der Waals surface area contributed by atoms with Crippen molar-refractivity contribution in [2.24, 2.45) is 5.73 Å². The molecule has 1 atom stereocenters. The van der Waals surface area contributed by atoms with Crippen molar-refractivity contribution in [2.75, 3.05) is 7.11 Å². The van der Waals surface area contributed by atoms with Gasteiger partial charge in [0.2, 0.25) is 0 Å². The molecule has 2 rings (SSSR count). The zero-order chi connectivity index (χ0) is 13.1. The average Bonchev–Trinajstić information content (AvgIpc) is 2.40. The number of halogens is 1. The van der Waals surface area contributed by atoms with E-state index in [1.807, 2.05) is 6.92 Å². The monoisotopic (exact) mass is 246 g/mol. The van der Waals surface area contributed by atoms with E-state index in [-0.39, 0.29) is 5.82 Å². The van der Waals surface area contributed by atoms with Crippen LogP contribution in [0.4, 0.5) is 4.39 Å². The normalized spacial score (nSPS) is 12.2. The Morgan fingerprint density at radius 2 is 2.06 bits per heavy atom. The van der Waals surface area contributed by atoms with Crippen molar-refractivity contribution in [3.8, 4) is 5.75 Å². The number of methoxy groups -OCH3 is 1. The van der Waals surface area contributed by atoms with Crippen molar-refractivity contribution in [1.29, 1.82) is 0 Å². The van der Waals surface area contributed by atoms with E-state index >= 15 is 0 Å². The van der Waals surface area contributed by atoms with Gasteiger partial charge in [0.25, 0.3) is 0 Å². The first-order valence-electron chi connectivity index (χ1n) is 5.63. The quantitative estimate of drug-likeness (QED) is 0.905. The van der Waals surface area contributed by atoms with Crippen LogP contribution in [0.15, 0.2) is 36.7 Å². The van der Waals surface area contributed by atoms with E-state index in [1.165, 1.54) is 12.1 Å². The van der Waals surface area contributed by atoms with Crippen molar-refractivity contribution in [3.63, 3.8) is 0 Å². The number of pyridine rings is 1. The van der Waals surface area contributed by atoms with Gasteiger partial charge in [-0.3, -0.25) is 4.98 Å². The van der Waals surface area contributed by atoms with Crippen LogP contribution >= 0.6 is 0 Å². The summed E-state index contributed by atoms with van der Waals surface area (Å²) in [6.07, 6.45) is 3.25. The maximum atomic E-state index is 13.3. The molecule has 0 aliphatic carbocycles. The van der Waals surface area contributed by atoms with E-state index in [9.17, 15) is 4.39 Å². The number of aromatic nitrogens is 1. The molecular formula is C14H15FN2O. The second kappa shape index (κ2) is 5.14. The van der Waals surface area contributed by atoms with Gasteiger partial charge in [-0.15, -0.1) is 0 Å². The van der Waals surface area contributed by atoms with E-state index in [0.29, 0.717) is 5.75 Å². The minimum absolute atomic E-state index is 0.293. The maximum Gasteiger partial charge on any atom is 0.142 e. The van der Waals surface area contributed by atoms with E-state index in [2.05, 4.69) is 4.98 Å². The van der Waals surface area contributed by atoms with Crippen LogP contribution in [0.1, 0.15) is 22.7 Å². The minimum Gasteiger partial charge on any atom is -0.495 e. The molecule has 4 heteroatoms. The highest BCUT2D eigenvalue weighted by Gasteiger charge is 2.16. The fourth-order valence-electron chi connectivity index (χ4n) is 1.93. The Kier molecular flexibility index (Phi) is 3.58. The van der Waals surface area contributed by atoms with Gasteiger partial charge in [-0.2, -0.15) is 0 Å². The molecule has 2 aromatic rings. The molecule has 0 spiro atoms. The molecule has 0 saturated carbocycles. The highest BCUT2D eigenvalue weighted by molar-refractivity contribution is 5.42. The van der Waals surface area contributed by atoms with Crippen LogP contribution in [0, 0.1) is 12.7 Å².